The van der Waals surface area contributed by atoms with E-state index in [-0.39, 0.29) is 18.9 Å². The Balaban J connectivity index is 1.28. The number of nitrogens with two attached hydrogens (primary N) is 1. The summed E-state index contributed by atoms with van der Waals surface area (Å²) in [5.74, 6) is 0.805. The van der Waals surface area contributed by atoms with Crippen LogP contribution in [0.25, 0.3) is 21.3 Å². The highest BCUT2D eigenvalue weighted by molar-refractivity contribution is 7.15. The number of benzene rings is 1. The van der Waals surface area contributed by atoms with Crippen LogP contribution in [0.5, 0.6) is 0 Å². The van der Waals surface area contributed by atoms with Gasteiger partial charge in [-0.3, -0.25) is 4.79 Å². The molecule has 194 valence electrons. The minimum Gasteiger partial charge on any atom is -0.383 e. The number of carbonyl (C=O) groups excluding carboxylic acids is 1. The van der Waals surface area contributed by atoms with Crippen LogP contribution < -0.4 is 11.1 Å². The lowest BCUT2D eigenvalue weighted by Crippen LogP contribution is -2.26. The minimum absolute atomic E-state index is 0.0512. The van der Waals surface area contributed by atoms with Gasteiger partial charge in [-0.05, 0) is 53.5 Å². The number of nitrogens with one attached hydrogen (secondary N) is 1. The first-order valence-corrected chi connectivity index (χ1v) is 12.9. The number of allylic oxidation sites excluding steroid dienone is 1. The molecule has 5 rings (SSSR count). The highest BCUT2D eigenvalue weighted by Gasteiger charge is 2.31. The van der Waals surface area contributed by atoms with Gasteiger partial charge in [-0.15, -0.1) is 11.3 Å². The van der Waals surface area contributed by atoms with Crippen LogP contribution in [0, 0.1) is 0 Å². The fourth-order valence-electron chi connectivity index (χ4n) is 4.37. The van der Waals surface area contributed by atoms with Crippen molar-refractivity contribution in [1.29, 1.82) is 0 Å². The first kappa shape index (κ1) is 25.5. The lowest BCUT2D eigenvalue weighted by Gasteiger charge is -2.16. The Kier molecular flexibility index (Phi) is 7.41. The molecule has 0 spiro atoms. The molecule has 1 aliphatic heterocycles. The first-order chi connectivity index (χ1) is 18.5. The van der Waals surface area contributed by atoms with Gasteiger partial charge < -0.3 is 16.0 Å². The third kappa shape index (κ3) is 5.26. The number of aromatic nitrogens is 3. The van der Waals surface area contributed by atoms with Gasteiger partial charge in [0.25, 0.3) is 5.91 Å². The molecular weight excluding hydrogens is 506 g/mol. The van der Waals surface area contributed by atoms with E-state index in [1.54, 1.807) is 34.6 Å². The number of fused-ring (bicyclic) bond motifs is 2. The van der Waals surface area contributed by atoms with Gasteiger partial charge in [-0.2, -0.15) is 0 Å². The highest BCUT2D eigenvalue weighted by Crippen LogP contribution is 2.33. The molecule has 0 saturated heterocycles. The van der Waals surface area contributed by atoms with Gasteiger partial charge in [-0.25, -0.2) is 23.7 Å². The molecule has 0 saturated carbocycles. The number of pyridine rings is 1. The summed E-state index contributed by atoms with van der Waals surface area (Å²) >= 11 is 1.63. The van der Waals surface area contributed by atoms with Crippen LogP contribution in [0.3, 0.4) is 0 Å². The summed E-state index contributed by atoms with van der Waals surface area (Å²) in [6.45, 7) is 3.89. The van der Waals surface area contributed by atoms with Gasteiger partial charge in [0, 0.05) is 34.4 Å². The summed E-state index contributed by atoms with van der Waals surface area (Å²) < 4.78 is 25.8. The van der Waals surface area contributed by atoms with E-state index in [9.17, 15) is 13.6 Å². The molecule has 4 heterocycles. The molecule has 1 atom stereocenters. The number of halogens is 2. The van der Waals surface area contributed by atoms with E-state index in [4.69, 9.17) is 5.73 Å². The van der Waals surface area contributed by atoms with Crippen LogP contribution >= 0.6 is 11.3 Å². The van der Waals surface area contributed by atoms with Crippen LogP contribution in [0.2, 0.25) is 0 Å². The van der Waals surface area contributed by atoms with E-state index in [1.807, 2.05) is 36.4 Å². The molecule has 1 aliphatic rings. The molecule has 10 heteroatoms. The average molecular weight is 533 g/mol. The van der Waals surface area contributed by atoms with E-state index in [2.05, 4.69) is 26.8 Å². The number of nitrogens with zero attached hydrogens (tertiary/aromatic N) is 4. The van der Waals surface area contributed by atoms with Crippen molar-refractivity contribution in [2.45, 2.75) is 25.7 Å². The zero-order valence-electron chi connectivity index (χ0n) is 20.5. The van der Waals surface area contributed by atoms with Crippen molar-refractivity contribution in [2.75, 3.05) is 24.3 Å². The number of anilines is 2. The summed E-state index contributed by atoms with van der Waals surface area (Å²) in [6, 6.07) is 11.8. The Hall–Kier alpha value is -4.18. The van der Waals surface area contributed by atoms with Crippen molar-refractivity contribution in [3.05, 3.63) is 89.2 Å². The quantitative estimate of drug-likeness (QED) is 0.254. The van der Waals surface area contributed by atoms with E-state index >= 15 is 0 Å². The number of thiophene rings is 1. The van der Waals surface area contributed by atoms with Crippen molar-refractivity contribution in [2.24, 2.45) is 0 Å². The molecule has 0 radical (unpaired) electrons. The number of rotatable bonds is 10. The molecular formula is C28H26F2N6OS. The molecule has 0 bridgehead atoms. The van der Waals surface area contributed by atoms with E-state index in [1.165, 1.54) is 6.33 Å². The van der Waals surface area contributed by atoms with Gasteiger partial charge in [0.2, 0.25) is 0 Å². The van der Waals surface area contributed by atoms with E-state index < -0.39 is 12.8 Å². The third-order valence-electron chi connectivity index (χ3n) is 6.38. The maximum atomic E-state index is 13.3. The van der Waals surface area contributed by atoms with E-state index in [0.29, 0.717) is 35.9 Å². The largest absolute Gasteiger partial charge is 0.383 e. The van der Waals surface area contributed by atoms with E-state index in [0.717, 1.165) is 31.8 Å². The summed E-state index contributed by atoms with van der Waals surface area (Å²) in [5.41, 5.74) is 9.92. The molecule has 1 aromatic carbocycles. The van der Waals surface area contributed by atoms with Crippen molar-refractivity contribution < 1.29 is 13.6 Å². The monoisotopic (exact) mass is 532 g/mol. The summed E-state index contributed by atoms with van der Waals surface area (Å²) in [4.78, 5) is 29.8. The molecule has 0 aliphatic carbocycles. The summed E-state index contributed by atoms with van der Waals surface area (Å²) in [7, 11) is 0. The van der Waals surface area contributed by atoms with Gasteiger partial charge >= 0.3 is 0 Å². The number of amides is 1. The maximum Gasteiger partial charge on any atom is 0.258 e. The Morgan fingerprint density at radius 3 is 2.92 bits per heavy atom. The van der Waals surface area contributed by atoms with Gasteiger partial charge in [0.1, 0.15) is 30.8 Å². The van der Waals surface area contributed by atoms with Crippen molar-refractivity contribution in [1.82, 2.24) is 19.9 Å². The Morgan fingerprint density at radius 1 is 1.24 bits per heavy atom. The lowest BCUT2D eigenvalue weighted by molar-refractivity contribution is 0.0794. The van der Waals surface area contributed by atoms with Crippen molar-refractivity contribution in [3.63, 3.8) is 0 Å². The smallest absolute Gasteiger partial charge is 0.258 e. The predicted molar refractivity (Wildman–Crippen MR) is 147 cm³/mol. The summed E-state index contributed by atoms with van der Waals surface area (Å²) in [6.07, 6.45) is 4.70. The lowest BCUT2D eigenvalue weighted by atomic mass is 10.1. The number of hydrogen-bond donors (Lipinski definition) is 2. The van der Waals surface area contributed by atoms with Gasteiger partial charge in [0.15, 0.2) is 0 Å². The Labute approximate surface area is 222 Å². The predicted octanol–water partition coefficient (Wildman–Crippen LogP) is 5.71. The molecule has 38 heavy (non-hydrogen) atoms. The topological polar surface area (TPSA) is 97.0 Å². The second-order valence-electron chi connectivity index (χ2n) is 8.94. The zero-order valence-corrected chi connectivity index (χ0v) is 21.3. The standard InChI is InChI=1S/C28H26F2N6OS/c1-2-17(3-5-20(30)12-29)14-36-15-19-9-10-32-27(25(19)28(36)37)33-13-21-6-8-24(38-21)18-4-7-23-22(11-18)26(31)35-16-34-23/h2-4,6-11,16,20H,1,5,12-15H2,(H,32,33)(H2,31,34,35)/b17-3+/t20-/m0/s1. The second kappa shape index (κ2) is 11.1. The van der Waals surface area contributed by atoms with Crippen molar-refractivity contribution in [3.8, 4) is 10.4 Å². The molecule has 7 nitrogen and oxygen atoms in total. The van der Waals surface area contributed by atoms with Gasteiger partial charge in [-0.1, -0.05) is 24.8 Å². The zero-order chi connectivity index (χ0) is 26.6. The first-order valence-electron chi connectivity index (χ1n) is 12.1. The molecule has 3 aromatic heterocycles. The summed E-state index contributed by atoms with van der Waals surface area (Å²) in [5, 5.41) is 4.13. The third-order valence-corrected chi connectivity index (χ3v) is 7.52. The fourth-order valence-corrected chi connectivity index (χ4v) is 5.32. The second-order valence-corrected chi connectivity index (χ2v) is 10.1. The molecule has 0 fully saturated rings. The number of hydrogen-bond acceptors (Lipinski definition) is 7. The SMILES string of the molecule is C=C/C(=C\C[C@H](F)CF)CN1Cc2ccnc(NCc3ccc(-c4ccc5ncnc(N)c5c4)s3)c2C1=O. The van der Waals surface area contributed by atoms with Crippen molar-refractivity contribution >= 4 is 39.8 Å². The van der Waals surface area contributed by atoms with Crippen LogP contribution in [0.15, 0.2) is 73.2 Å². The Morgan fingerprint density at radius 2 is 2.11 bits per heavy atom. The molecule has 3 N–H and O–H groups in total. The molecule has 1 amide bonds. The molecule has 4 aromatic rings. The number of carbonyl (C=O) groups is 1. The average Bonchev–Trinajstić information content (AvgIpc) is 3.54. The fraction of sp³-hybridized carbons (Fsp3) is 0.214. The highest BCUT2D eigenvalue weighted by atomic mass is 32.1. The van der Waals surface area contributed by atoms with Crippen LogP contribution in [-0.4, -0.2) is 45.2 Å². The van der Waals surface area contributed by atoms with Crippen LogP contribution in [-0.2, 0) is 13.1 Å². The maximum absolute atomic E-state index is 13.3. The normalized spacial score (nSPS) is 14.1. The number of nitrogen functional groups attached to an aromatic ring is 1. The Bertz CT molecular complexity index is 1540. The van der Waals surface area contributed by atoms with Crippen LogP contribution in [0.4, 0.5) is 20.4 Å². The van der Waals surface area contributed by atoms with Crippen LogP contribution in [0.1, 0.15) is 27.2 Å². The minimum atomic E-state index is -1.55. The molecule has 0 unspecified atom stereocenters. The van der Waals surface area contributed by atoms with Gasteiger partial charge in [0.05, 0.1) is 17.6 Å². The number of alkyl halides is 2.